The Hall–Kier alpha value is -1.35. The zero-order chi connectivity index (χ0) is 11.1. The van der Waals surface area contributed by atoms with Crippen LogP contribution in [0.2, 0.25) is 0 Å². The third kappa shape index (κ3) is 3.36. The van der Waals surface area contributed by atoms with Crippen molar-refractivity contribution in [2.75, 3.05) is 7.11 Å². The smallest absolute Gasteiger partial charge is 0.251 e. The highest BCUT2D eigenvalue weighted by Crippen LogP contribution is 2.20. The lowest BCUT2D eigenvalue weighted by Gasteiger charge is -2.15. The van der Waals surface area contributed by atoms with Crippen LogP contribution in [0.3, 0.4) is 0 Å². The summed E-state index contributed by atoms with van der Waals surface area (Å²) >= 11 is 0. The van der Waals surface area contributed by atoms with Crippen LogP contribution in [-0.2, 0) is 9.63 Å². The Morgan fingerprint density at radius 3 is 2.60 bits per heavy atom. The zero-order valence-corrected chi connectivity index (χ0v) is 9.19. The van der Waals surface area contributed by atoms with E-state index in [1.165, 1.54) is 7.11 Å². The first kappa shape index (κ1) is 11.7. The van der Waals surface area contributed by atoms with Crippen LogP contribution in [-0.4, -0.2) is 13.0 Å². The van der Waals surface area contributed by atoms with Gasteiger partial charge in [-0.05, 0) is 12.0 Å². The average Bonchev–Trinajstić information content (AvgIpc) is 2.27. The fourth-order valence-corrected chi connectivity index (χ4v) is 1.59. The van der Waals surface area contributed by atoms with Crippen molar-refractivity contribution in [3.05, 3.63) is 35.9 Å². The van der Waals surface area contributed by atoms with Gasteiger partial charge in [0, 0.05) is 0 Å². The lowest BCUT2D eigenvalue weighted by molar-refractivity contribution is -0.133. The summed E-state index contributed by atoms with van der Waals surface area (Å²) in [7, 11) is 1.45. The monoisotopic (exact) mass is 207 g/mol. The third-order valence-electron chi connectivity index (χ3n) is 2.30. The number of carbonyl (C=O) groups excluding carboxylic acids is 1. The molecule has 0 saturated heterocycles. The summed E-state index contributed by atoms with van der Waals surface area (Å²) in [6, 6.07) is 9.77. The summed E-state index contributed by atoms with van der Waals surface area (Å²) < 4.78 is 0. The van der Waals surface area contributed by atoms with E-state index in [0.29, 0.717) is 0 Å². The van der Waals surface area contributed by atoms with Crippen LogP contribution in [0.5, 0.6) is 0 Å². The van der Waals surface area contributed by atoms with E-state index >= 15 is 0 Å². The molecule has 1 atom stereocenters. The molecule has 1 N–H and O–H groups in total. The molecular formula is C12H17NO2. The van der Waals surface area contributed by atoms with E-state index in [0.717, 1.165) is 18.4 Å². The van der Waals surface area contributed by atoms with Gasteiger partial charge < -0.3 is 0 Å². The molecule has 0 radical (unpaired) electrons. The average molecular weight is 207 g/mol. The molecule has 0 fully saturated rings. The first-order valence-corrected chi connectivity index (χ1v) is 5.17. The van der Waals surface area contributed by atoms with Crippen molar-refractivity contribution in [1.29, 1.82) is 0 Å². The summed E-state index contributed by atoms with van der Waals surface area (Å²) in [4.78, 5) is 16.4. The Bertz CT molecular complexity index is 298. The van der Waals surface area contributed by atoms with E-state index in [1.54, 1.807) is 0 Å². The standard InChI is InChI=1S/C12H17NO2/c1-3-7-11(12(14)13-15-2)10-8-5-4-6-9-10/h4-6,8-9,11H,3,7H2,1-2H3,(H,13,14). The lowest BCUT2D eigenvalue weighted by atomic mass is 9.94. The van der Waals surface area contributed by atoms with Crippen molar-refractivity contribution in [2.45, 2.75) is 25.7 Å². The second-order valence-corrected chi connectivity index (χ2v) is 3.42. The maximum Gasteiger partial charge on any atom is 0.251 e. The van der Waals surface area contributed by atoms with Gasteiger partial charge in [0.2, 0.25) is 0 Å². The maximum absolute atomic E-state index is 11.7. The Morgan fingerprint density at radius 2 is 2.07 bits per heavy atom. The molecule has 0 aromatic heterocycles. The maximum atomic E-state index is 11.7. The number of carbonyl (C=O) groups is 1. The predicted molar refractivity (Wildman–Crippen MR) is 59.2 cm³/mol. The SMILES string of the molecule is CCCC(C(=O)NOC)c1ccccc1. The van der Waals surface area contributed by atoms with Gasteiger partial charge in [-0.3, -0.25) is 9.63 Å². The highest BCUT2D eigenvalue weighted by Gasteiger charge is 2.18. The molecule has 1 amide bonds. The molecule has 1 unspecified atom stereocenters. The molecular weight excluding hydrogens is 190 g/mol. The first-order chi connectivity index (χ1) is 7.29. The second kappa shape index (κ2) is 6.19. The van der Waals surface area contributed by atoms with Crippen molar-refractivity contribution < 1.29 is 9.63 Å². The quantitative estimate of drug-likeness (QED) is 0.752. The molecule has 0 aliphatic rings. The predicted octanol–water partition coefficient (Wildman–Crippen LogP) is 2.25. The number of benzene rings is 1. The summed E-state index contributed by atoms with van der Waals surface area (Å²) in [6.07, 6.45) is 1.80. The molecule has 1 aromatic rings. The summed E-state index contributed by atoms with van der Waals surface area (Å²) in [6.45, 7) is 2.07. The largest absolute Gasteiger partial charge is 0.277 e. The molecule has 3 nitrogen and oxygen atoms in total. The van der Waals surface area contributed by atoms with Gasteiger partial charge in [0.25, 0.3) is 5.91 Å². The van der Waals surface area contributed by atoms with E-state index in [1.807, 2.05) is 30.3 Å². The Labute approximate surface area is 90.4 Å². The molecule has 0 bridgehead atoms. The minimum Gasteiger partial charge on any atom is -0.277 e. The van der Waals surface area contributed by atoms with Crippen molar-refractivity contribution in [3.8, 4) is 0 Å². The first-order valence-electron chi connectivity index (χ1n) is 5.17. The minimum atomic E-state index is -0.115. The normalized spacial score (nSPS) is 12.1. The van der Waals surface area contributed by atoms with Crippen LogP contribution in [0.15, 0.2) is 30.3 Å². The van der Waals surface area contributed by atoms with Gasteiger partial charge in [0.05, 0.1) is 13.0 Å². The molecule has 1 rings (SSSR count). The Morgan fingerprint density at radius 1 is 1.40 bits per heavy atom. The number of rotatable bonds is 5. The second-order valence-electron chi connectivity index (χ2n) is 3.42. The van der Waals surface area contributed by atoms with Crippen LogP contribution < -0.4 is 5.48 Å². The number of amides is 1. The van der Waals surface area contributed by atoms with E-state index in [2.05, 4.69) is 17.2 Å². The van der Waals surface area contributed by atoms with Gasteiger partial charge in [-0.25, -0.2) is 5.48 Å². The van der Waals surface area contributed by atoms with E-state index in [4.69, 9.17) is 0 Å². The third-order valence-corrected chi connectivity index (χ3v) is 2.30. The highest BCUT2D eigenvalue weighted by molar-refractivity contribution is 5.82. The van der Waals surface area contributed by atoms with Gasteiger partial charge >= 0.3 is 0 Å². The molecule has 15 heavy (non-hydrogen) atoms. The van der Waals surface area contributed by atoms with Gasteiger partial charge in [0.1, 0.15) is 0 Å². The number of nitrogens with one attached hydrogen (secondary N) is 1. The van der Waals surface area contributed by atoms with Crippen LogP contribution in [0.4, 0.5) is 0 Å². The van der Waals surface area contributed by atoms with Crippen molar-refractivity contribution in [3.63, 3.8) is 0 Å². The fourth-order valence-electron chi connectivity index (χ4n) is 1.59. The van der Waals surface area contributed by atoms with Crippen LogP contribution in [0, 0.1) is 0 Å². The van der Waals surface area contributed by atoms with Gasteiger partial charge in [-0.15, -0.1) is 0 Å². The van der Waals surface area contributed by atoms with Crippen molar-refractivity contribution >= 4 is 5.91 Å². The molecule has 82 valence electrons. The van der Waals surface area contributed by atoms with E-state index in [9.17, 15) is 4.79 Å². The van der Waals surface area contributed by atoms with Gasteiger partial charge in [-0.1, -0.05) is 43.7 Å². The zero-order valence-electron chi connectivity index (χ0n) is 9.19. The molecule has 0 heterocycles. The van der Waals surface area contributed by atoms with Crippen LogP contribution in [0.1, 0.15) is 31.2 Å². The van der Waals surface area contributed by atoms with E-state index in [-0.39, 0.29) is 11.8 Å². The highest BCUT2D eigenvalue weighted by atomic mass is 16.6. The summed E-state index contributed by atoms with van der Waals surface area (Å²) in [5.41, 5.74) is 3.43. The topological polar surface area (TPSA) is 38.3 Å². The Kier molecular flexibility index (Phi) is 4.84. The molecule has 0 aliphatic carbocycles. The lowest BCUT2D eigenvalue weighted by Crippen LogP contribution is -2.28. The molecule has 0 spiro atoms. The Balaban J connectivity index is 2.78. The summed E-state index contributed by atoms with van der Waals surface area (Å²) in [5, 5.41) is 0. The van der Waals surface area contributed by atoms with Crippen molar-refractivity contribution in [2.24, 2.45) is 0 Å². The molecule has 1 aromatic carbocycles. The van der Waals surface area contributed by atoms with Gasteiger partial charge in [-0.2, -0.15) is 0 Å². The number of hydrogen-bond donors (Lipinski definition) is 1. The van der Waals surface area contributed by atoms with Crippen molar-refractivity contribution in [1.82, 2.24) is 5.48 Å². The minimum absolute atomic E-state index is 0.0782. The van der Waals surface area contributed by atoms with Gasteiger partial charge in [0.15, 0.2) is 0 Å². The fraction of sp³-hybridized carbons (Fsp3) is 0.417. The number of hydrogen-bond acceptors (Lipinski definition) is 2. The van der Waals surface area contributed by atoms with Crippen LogP contribution in [0.25, 0.3) is 0 Å². The molecule has 0 saturated carbocycles. The van der Waals surface area contributed by atoms with Crippen LogP contribution >= 0.6 is 0 Å². The van der Waals surface area contributed by atoms with E-state index < -0.39 is 0 Å². The summed E-state index contributed by atoms with van der Waals surface area (Å²) in [5.74, 6) is -0.193. The molecule has 3 heteroatoms. The molecule has 0 aliphatic heterocycles. The number of hydroxylamine groups is 1.